The van der Waals surface area contributed by atoms with Gasteiger partial charge in [0.2, 0.25) is 10.0 Å². The maximum atomic E-state index is 12.2. The Hall–Kier alpha value is -1.45. The van der Waals surface area contributed by atoms with E-state index >= 15 is 0 Å². The van der Waals surface area contributed by atoms with Crippen molar-refractivity contribution >= 4 is 10.0 Å². The van der Waals surface area contributed by atoms with Crippen LogP contribution in [-0.2, 0) is 10.0 Å². The lowest BCUT2D eigenvalue weighted by Gasteiger charge is -2.20. The fraction of sp³-hybridized carbons (Fsp3) is 0.538. The van der Waals surface area contributed by atoms with Gasteiger partial charge in [0.1, 0.15) is 11.0 Å². The first-order valence-corrected chi connectivity index (χ1v) is 7.74. The zero-order valence-corrected chi connectivity index (χ0v) is 11.9. The summed E-state index contributed by atoms with van der Waals surface area (Å²) < 4.78 is 27.0. The van der Waals surface area contributed by atoms with Crippen molar-refractivity contribution in [3.8, 4) is 6.07 Å². The van der Waals surface area contributed by atoms with E-state index in [1.54, 1.807) is 6.07 Å². The minimum atomic E-state index is -3.66. The fourth-order valence-corrected chi connectivity index (χ4v) is 3.37. The predicted molar refractivity (Wildman–Crippen MR) is 70.6 cm³/mol. The summed E-state index contributed by atoms with van der Waals surface area (Å²) in [6.07, 6.45) is 3.50. The van der Waals surface area contributed by atoms with Crippen molar-refractivity contribution in [3.05, 3.63) is 24.0 Å². The Balaban J connectivity index is 2.18. The number of hydrogen-bond acceptors (Lipinski definition) is 4. The quantitative estimate of drug-likeness (QED) is 0.888. The van der Waals surface area contributed by atoms with E-state index in [4.69, 9.17) is 5.26 Å². The van der Waals surface area contributed by atoms with Gasteiger partial charge in [-0.3, -0.25) is 0 Å². The Morgan fingerprint density at radius 1 is 1.53 bits per heavy atom. The highest BCUT2D eigenvalue weighted by Crippen LogP contribution is 2.51. The van der Waals surface area contributed by atoms with E-state index in [9.17, 15) is 8.42 Å². The summed E-state index contributed by atoms with van der Waals surface area (Å²) in [5, 5.41) is 8.91. The molecule has 0 bridgehead atoms. The average Bonchev–Trinajstić information content (AvgIpc) is 3.18. The van der Waals surface area contributed by atoms with Crippen molar-refractivity contribution in [2.24, 2.45) is 11.3 Å². The molecule has 0 radical (unpaired) electrons. The molecule has 1 fully saturated rings. The smallest absolute Gasteiger partial charge is 0.243 e. The van der Waals surface area contributed by atoms with Gasteiger partial charge >= 0.3 is 0 Å². The van der Waals surface area contributed by atoms with Crippen molar-refractivity contribution in [1.82, 2.24) is 9.71 Å². The molecule has 5 nitrogen and oxygen atoms in total. The van der Waals surface area contributed by atoms with Gasteiger partial charge in [-0.15, -0.1) is 0 Å². The first-order chi connectivity index (χ1) is 8.91. The van der Waals surface area contributed by atoms with Crippen LogP contribution in [0.3, 0.4) is 0 Å². The maximum Gasteiger partial charge on any atom is 0.243 e. The molecule has 0 spiro atoms. The highest BCUT2D eigenvalue weighted by Gasteiger charge is 2.45. The summed E-state index contributed by atoms with van der Waals surface area (Å²) in [7, 11) is -3.66. The molecule has 1 aromatic heterocycles. The molecule has 6 heteroatoms. The zero-order chi connectivity index (χ0) is 14.1. The largest absolute Gasteiger partial charge is 0.244 e. The molecule has 102 valence electrons. The van der Waals surface area contributed by atoms with E-state index in [-0.39, 0.29) is 16.0 Å². The molecule has 0 unspecified atom stereocenters. The summed E-state index contributed by atoms with van der Waals surface area (Å²) in [6, 6.07) is 4.73. The molecule has 2 rings (SSSR count). The molecule has 19 heavy (non-hydrogen) atoms. The van der Waals surface area contributed by atoms with Gasteiger partial charge in [0.25, 0.3) is 0 Å². The zero-order valence-electron chi connectivity index (χ0n) is 11.0. The molecule has 0 aliphatic heterocycles. The first kappa shape index (κ1) is 14.0. The maximum absolute atomic E-state index is 12.2. The number of pyridine rings is 1. The molecular weight excluding hydrogens is 262 g/mol. The van der Waals surface area contributed by atoms with Crippen molar-refractivity contribution in [3.63, 3.8) is 0 Å². The van der Waals surface area contributed by atoms with E-state index in [1.807, 2.05) is 0 Å². The first-order valence-electron chi connectivity index (χ1n) is 6.26. The van der Waals surface area contributed by atoms with Crippen LogP contribution in [0.2, 0.25) is 0 Å². The van der Waals surface area contributed by atoms with Gasteiger partial charge in [0.05, 0.1) is 0 Å². The number of nitriles is 1. The second kappa shape index (κ2) is 4.91. The minimum absolute atomic E-state index is 0.0444. The second-order valence-electron chi connectivity index (χ2n) is 5.30. The fourth-order valence-electron chi connectivity index (χ4n) is 2.13. The number of nitrogens with zero attached hydrogens (tertiary/aromatic N) is 2. The minimum Gasteiger partial charge on any atom is -0.244 e. The van der Waals surface area contributed by atoms with Gasteiger partial charge in [0.15, 0.2) is 5.69 Å². The molecule has 0 atom stereocenters. The van der Waals surface area contributed by atoms with Gasteiger partial charge in [-0.25, -0.2) is 18.1 Å². The molecule has 1 heterocycles. The van der Waals surface area contributed by atoms with Crippen LogP contribution in [-0.4, -0.2) is 19.9 Å². The van der Waals surface area contributed by atoms with E-state index in [0.29, 0.717) is 12.5 Å². The van der Waals surface area contributed by atoms with Crippen molar-refractivity contribution < 1.29 is 8.42 Å². The second-order valence-corrected chi connectivity index (χ2v) is 7.04. The van der Waals surface area contributed by atoms with Crippen molar-refractivity contribution in [2.75, 3.05) is 6.54 Å². The third kappa shape index (κ3) is 2.77. The molecule has 1 aliphatic rings. The number of aromatic nitrogens is 1. The Kier molecular flexibility index (Phi) is 3.61. The van der Waals surface area contributed by atoms with Gasteiger partial charge in [-0.1, -0.05) is 13.8 Å². The molecule has 0 saturated heterocycles. The van der Waals surface area contributed by atoms with Crippen LogP contribution in [0.15, 0.2) is 23.2 Å². The third-order valence-corrected chi connectivity index (χ3v) is 5.33. The molecule has 0 amide bonds. The normalized spacial score (nSPS) is 17.2. The lowest BCUT2D eigenvalue weighted by molar-refractivity contribution is 0.357. The topological polar surface area (TPSA) is 82.8 Å². The SMILES string of the molecule is CC(C)C1(CNS(=O)(=O)c2cccnc2C#N)CC1. The molecule has 1 aromatic rings. The molecule has 1 N–H and O–H groups in total. The summed E-state index contributed by atoms with van der Waals surface area (Å²) in [4.78, 5) is 3.73. The lowest BCUT2D eigenvalue weighted by Crippen LogP contribution is -2.33. The van der Waals surface area contributed by atoms with Crippen LogP contribution in [0.1, 0.15) is 32.4 Å². The van der Waals surface area contributed by atoms with Gasteiger partial charge in [-0.05, 0) is 36.3 Å². The lowest BCUT2D eigenvalue weighted by atomic mass is 9.93. The van der Waals surface area contributed by atoms with Crippen LogP contribution in [0.25, 0.3) is 0 Å². The van der Waals surface area contributed by atoms with E-state index < -0.39 is 10.0 Å². The predicted octanol–water partition coefficient (Wildman–Crippen LogP) is 1.67. The van der Waals surface area contributed by atoms with Crippen molar-refractivity contribution in [2.45, 2.75) is 31.6 Å². The van der Waals surface area contributed by atoms with Crippen LogP contribution >= 0.6 is 0 Å². The van der Waals surface area contributed by atoms with Crippen molar-refractivity contribution in [1.29, 1.82) is 5.26 Å². The van der Waals surface area contributed by atoms with Crippen LogP contribution < -0.4 is 4.72 Å². The molecule has 1 saturated carbocycles. The highest BCUT2D eigenvalue weighted by atomic mass is 32.2. The highest BCUT2D eigenvalue weighted by molar-refractivity contribution is 7.89. The Bertz CT molecular complexity index is 613. The number of rotatable bonds is 5. The Labute approximate surface area is 113 Å². The summed E-state index contributed by atoms with van der Waals surface area (Å²) in [5.74, 6) is 0.444. The van der Waals surface area contributed by atoms with E-state index in [0.717, 1.165) is 12.8 Å². The number of nitrogens with one attached hydrogen (secondary N) is 1. The molecular formula is C13H17N3O2S. The van der Waals surface area contributed by atoms with Crippen LogP contribution in [0.5, 0.6) is 0 Å². The standard InChI is InChI=1S/C13H17N3O2S/c1-10(2)13(5-6-13)9-16-19(17,18)12-4-3-7-15-11(12)8-14/h3-4,7,10,16H,5-6,9H2,1-2H3. The summed E-state index contributed by atoms with van der Waals surface area (Å²) in [5.41, 5.74) is 0.0200. The monoisotopic (exact) mass is 279 g/mol. The van der Waals surface area contributed by atoms with Crippen LogP contribution in [0, 0.1) is 22.7 Å². The van der Waals surface area contributed by atoms with E-state index in [1.165, 1.54) is 18.3 Å². The Morgan fingerprint density at radius 3 is 2.74 bits per heavy atom. The number of hydrogen-bond donors (Lipinski definition) is 1. The summed E-state index contributed by atoms with van der Waals surface area (Å²) >= 11 is 0. The third-order valence-electron chi connectivity index (χ3n) is 3.90. The van der Waals surface area contributed by atoms with Gasteiger partial charge in [-0.2, -0.15) is 5.26 Å². The van der Waals surface area contributed by atoms with Crippen LogP contribution in [0.4, 0.5) is 0 Å². The van der Waals surface area contributed by atoms with Gasteiger partial charge in [0, 0.05) is 12.7 Å². The Morgan fingerprint density at radius 2 is 2.21 bits per heavy atom. The van der Waals surface area contributed by atoms with Gasteiger partial charge < -0.3 is 0 Å². The summed E-state index contributed by atoms with van der Waals surface area (Å²) in [6.45, 7) is 4.63. The van der Waals surface area contributed by atoms with E-state index in [2.05, 4.69) is 23.6 Å². The molecule has 0 aromatic carbocycles. The average molecular weight is 279 g/mol. The molecule has 1 aliphatic carbocycles. The number of sulfonamides is 1.